The molecule has 26 heavy (non-hydrogen) atoms. The maximum atomic E-state index is 12.8. The smallest absolute Gasteiger partial charge is 0.484 e. The highest BCUT2D eigenvalue weighted by atomic mass is 32.1. The van der Waals surface area contributed by atoms with Crippen molar-refractivity contribution in [3.63, 3.8) is 0 Å². The Morgan fingerprint density at radius 1 is 1.27 bits per heavy atom. The van der Waals surface area contributed by atoms with Crippen molar-refractivity contribution < 1.29 is 23.9 Å². The Labute approximate surface area is 158 Å². The van der Waals surface area contributed by atoms with Gasteiger partial charge in [0.15, 0.2) is 6.10 Å². The van der Waals surface area contributed by atoms with E-state index in [0.717, 1.165) is 16.5 Å². The van der Waals surface area contributed by atoms with Crippen LogP contribution in [-0.4, -0.2) is 46.0 Å². The van der Waals surface area contributed by atoms with Crippen LogP contribution in [0.4, 0.5) is 4.79 Å². The predicted molar refractivity (Wildman–Crippen MR) is 104 cm³/mol. The number of benzene rings is 2. The Balaban J connectivity index is 1.89. The minimum absolute atomic E-state index is 0.136. The summed E-state index contributed by atoms with van der Waals surface area (Å²) < 4.78 is 5.59. The first-order valence-electron chi connectivity index (χ1n) is 8.81. The fraction of sp³-hybridized carbons (Fsp3) is 0.400. The maximum absolute atomic E-state index is 12.8. The Bertz CT molecular complexity index is 834. The predicted octanol–water partition coefficient (Wildman–Crippen LogP) is 3.97. The Kier molecular flexibility index (Phi) is 5.25. The van der Waals surface area contributed by atoms with E-state index in [1.807, 2.05) is 49.4 Å². The number of imide groups is 1. The van der Waals surface area contributed by atoms with Crippen LogP contribution in [0.3, 0.4) is 0 Å². The molecule has 1 aliphatic heterocycles. The third-order valence-corrected chi connectivity index (χ3v) is 5.87. The zero-order valence-electron chi connectivity index (χ0n) is 15.0. The number of likely N-dealkylation sites (tertiary alicyclic amines) is 1. The van der Waals surface area contributed by atoms with Gasteiger partial charge in [0.05, 0.1) is 5.92 Å². The van der Waals surface area contributed by atoms with Crippen molar-refractivity contribution in [2.45, 2.75) is 32.4 Å². The average molecular weight is 374 g/mol. The molecule has 1 unspecified atom stereocenters. The number of quaternary nitrogens is 1. The zero-order chi connectivity index (χ0) is 18.9. The van der Waals surface area contributed by atoms with Gasteiger partial charge in [-0.15, -0.1) is 0 Å². The van der Waals surface area contributed by atoms with Crippen molar-refractivity contribution in [2.75, 3.05) is 12.3 Å². The first kappa shape index (κ1) is 18.7. The van der Waals surface area contributed by atoms with Crippen molar-refractivity contribution in [1.82, 2.24) is 0 Å². The number of carbonyl (C=O) groups excluding carboxylic acids is 1. The van der Waals surface area contributed by atoms with E-state index in [1.165, 1.54) is 0 Å². The van der Waals surface area contributed by atoms with Crippen LogP contribution in [0.1, 0.15) is 20.3 Å². The van der Waals surface area contributed by atoms with E-state index in [9.17, 15) is 14.7 Å². The monoisotopic (exact) mass is 374 g/mol. The molecule has 1 saturated heterocycles. The van der Waals surface area contributed by atoms with Crippen molar-refractivity contribution in [1.29, 1.82) is 0 Å². The van der Waals surface area contributed by atoms with Gasteiger partial charge in [0.25, 0.3) is 0 Å². The maximum Gasteiger partial charge on any atom is 0.521 e. The molecular weight excluding hydrogens is 350 g/mol. The second kappa shape index (κ2) is 7.29. The second-order valence-corrected chi connectivity index (χ2v) is 7.42. The first-order chi connectivity index (χ1) is 12.4. The lowest BCUT2D eigenvalue weighted by atomic mass is 10.1. The summed E-state index contributed by atoms with van der Waals surface area (Å²) >= 11 is 4.17. The highest BCUT2D eigenvalue weighted by Gasteiger charge is 2.58. The lowest BCUT2D eigenvalue weighted by Gasteiger charge is -2.31. The fourth-order valence-electron chi connectivity index (χ4n) is 3.84. The van der Waals surface area contributed by atoms with E-state index in [-0.39, 0.29) is 24.6 Å². The van der Waals surface area contributed by atoms with Gasteiger partial charge in [-0.1, -0.05) is 36.4 Å². The molecule has 0 bridgehead atoms. The van der Waals surface area contributed by atoms with Crippen molar-refractivity contribution in [2.24, 2.45) is 5.92 Å². The largest absolute Gasteiger partial charge is 0.521 e. The van der Waals surface area contributed by atoms with Crippen LogP contribution in [0.15, 0.2) is 42.5 Å². The summed E-state index contributed by atoms with van der Waals surface area (Å²) in [6.07, 6.45) is -0.927. The van der Waals surface area contributed by atoms with E-state index in [2.05, 4.69) is 12.6 Å². The third kappa shape index (κ3) is 3.08. The van der Waals surface area contributed by atoms with E-state index < -0.39 is 16.5 Å². The summed E-state index contributed by atoms with van der Waals surface area (Å²) in [5.74, 6) is 0.325. The highest BCUT2D eigenvalue weighted by molar-refractivity contribution is 7.80. The van der Waals surface area contributed by atoms with E-state index >= 15 is 0 Å². The van der Waals surface area contributed by atoms with Gasteiger partial charge >= 0.3 is 12.0 Å². The molecule has 1 N–H and O–H groups in total. The lowest BCUT2D eigenvalue weighted by molar-refractivity contribution is -0.795. The van der Waals surface area contributed by atoms with E-state index in [1.54, 1.807) is 6.92 Å². The second-order valence-electron chi connectivity index (χ2n) is 7.06. The molecule has 4 atom stereocenters. The molecule has 2 aromatic rings. The molecule has 5 nitrogen and oxygen atoms in total. The Hall–Kier alpha value is -2.05. The number of rotatable bonds is 4. The zero-order valence-corrected chi connectivity index (χ0v) is 15.9. The van der Waals surface area contributed by atoms with Gasteiger partial charge in [-0.25, -0.2) is 4.79 Å². The molecule has 1 aliphatic rings. The standard InChI is InChI=1S/C20H23NO4S/c1-13(12-26)19(22)21(20(23)24)11-16(10-14(21)2)25-18-9-5-7-15-6-3-4-8-17(15)18/h3-9,13-14,16H,10-12H2,1-2H3,(H-,23,24,26)/p+1/t13?,14-,16-,21-/m1/s1. The minimum Gasteiger partial charge on any atom is -0.484 e. The number of carbonyl (C=O) groups is 2. The summed E-state index contributed by atoms with van der Waals surface area (Å²) in [7, 11) is 0. The SMILES string of the molecule is CC(CS)C(=O)[N@@+]1(C(=O)O)C[C@H](Oc2cccc3ccccc23)C[C@H]1C. The fourth-order valence-corrected chi connectivity index (χ4v) is 4.00. The average Bonchev–Trinajstić information content (AvgIpc) is 2.97. The number of amides is 2. The molecule has 0 saturated carbocycles. The number of ether oxygens (including phenoxy) is 1. The minimum atomic E-state index is -1.11. The van der Waals surface area contributed by atoms with Crippen LogP contribution in [0.5, 0.6) is 5.75 Å². The van der Waals surface area contributed by atoms with Crippen molar-refractivity contribution in [3.8, 4) is 5.75 Å². The van der Waals surface area contributed by atoms with E-state index in [4.69, 9.17) is 4.74 Å². The van der Waals surface area contributed by atoms with Crippen LogP contribution in [0, 0.1) is 5.92 Å². The summed E-state index contributed by atoms with van der Waals surface area (Å²) in [5, 5.41) is 11.9. The van der Waals surface area contributed by atoms with Crippen LogP contribution in [-0.2, 0) is 4.79 Å². The lowest BCUT2D eigenvalue weighted by Crippen LogP contribution is -2.61. The number of nitrogens with zero attached hydrogens (tertiary/aromatic N) is 1. The highest BCUT2D eigenvalue weighted by Crippen LogP contribution is 2.34. The van der Waals surface area contributed by atoms with Gasteiger partial charge in [0.2, 0.25) is 0 Å². The molecule has 0 spiro atoms. The van der Waals surface area contributed by atoms with Gasteiger partial charge in [-0.3, -0.25) is 0 Å². The van der Waals surface area contributed by atoms with Gasteiger partial charge in [0, 0.05) is 17.6 Å². The topological polar surface area (TPSA) is 63.6 Å². The molecule has 138 valence electrons. The molecule has 0 aromatic heterocycles. The molecule has 0 radical (unpaired) electrons. The number of fused-ring (bicyclic) bond motifs is 1. The van der Waals surface area contributed by atoms with Crippen LogP contribution >= 0.6 is 12.6 Å². The quantitative estimate of drug-likeness (QED) is 0.628. The molecule has 1 heterocycles. The van der Waals surface area contributed by atoms with Crippen LogP contribution in [0.25, 0.3) is 10.8 Å². The number of hydrogen-bond acceptors (Lipinski definition) is 4. The van der Waals surface area contributed by atoms with Gasteiger partial charge in [-0.05, 0) is 25.3 Å². The molecule has 6 heteroatoms. The number of hydrogen-bond donors (Lipinski definition) is 2. The molecule has 1 fully saturated rings. The van der Waals surface area contributed by atoms with Crippen LogP contribution < -0.4 is 4.74 Å². The van der Waals surface area contributed by atoms with Gasteiger partial charge in [0.1, 0.15) is 18.3 Å². The molecule has 2 amide bonds. The summed E-state index contributed by atoms with van der Waals surface area (Å²) in [6, 6.07) is 13.4. The first-order valence-corrected chi connectivity index (χ1v) is 9.44. The molecule has 0 aliphatic carbocycles. The molecular formula is C20H24NO4S+. The van der Waals surface area contributed by atoms with Crippen molar-refractivity contribution >= 4 is 35.4 Å². The van der Waals surface area contributed by atoms with Gasteiger partial charge in [-0.2, -0.15) is 21.9 Å². The van der Waals surface area contributed by atoms with E-state index in [0.29, 0.717) is 12.2 Å². The molecule has 3 rings (SSSR count). The summed E-state index contributed by atoms with van der Waals surface area (Å²) in [4.78, 5) is 24.9. The number of thiol groups is 1. The third-order valence-electron chi connectivity index (χ3n) is 5.32. The van der Waals surface area contributed by atoms with Gasteiger partial charge < -0.3 is 9.84 Å². The van der Waals surface area contributed by atoms with Crippen LogP contribution in [0.2, 0.25) is 0 Å². The Morgan fingerprint density at radius 3 is 2.65 bits per heavy atom. The molecule has 2 aromatic carbocycles. The summed E-state index contributed by atoms with van der Waals surface area (Å²) in [6.45, 7) is 3.67. The number of carboxylic acid groups (broad SMARTS) is 1. The summed E-state index contributed by atoms with van der Waals surface area (Å²) in [5.41, 5.74) is 0. The normalized spacial score (nSPS) is 26.6. The Morgan fingerprint density at radius 2 is 1.96 bits per heavy atom. The van der Waals surface area contributed by atoms with Crippen molar-refractivity contribution in [3.05, 3.63) is 42.5 Å².